The number of benzene rings is 5. The number of primary amides is 1. The molecule has 7 aromatic rings. The van der Waals surface area contributed by atoms with Crippen LogP contribution in [0.4, 0.5) is 11.4 Å². The molecule has 3 unspecified atom stereocenters. The number of thioether (sulfide) groups is 1. The lowest BCUT2D eigenvalue weighted by Crippen LogP contribution is -2.62. The number of aromatic amines is 1. The van der Waals surface area contributed by atoms with E-state index in [1.807, 2.05) is 85.8 Å². The van der Waals surface area contributed by atoms with Crippen molar-refractivity contribution in [1.82, 2.24) is 57.4 Å². The number of likely N-dealkylation sites (N-methyl/N-ethyl adjacent to an activating group) is 1. The predicted molar refractivity (Wildman–Crippen MR) is 470 cm³/mol. The summed E-state index contributed by atoms with van der Waals surface area (Å²) < 4.78 is 35.7. The molecule has 0 saturated carbocycles. The predicted octanol–water partition coefficient (Wildman–Crippen LogP) is 4.05. The minimum absolute atomic E-state index is 0.0123. The summed E-state index contributed by atoms with van der Waals surface area (Å²) in [7, 11) is 5.99. The molecule has 5 aromatic carbocycles. The zero-order chi connectivity index (χ0) is 91.0. The molecular weight excluding hydrogens is 1650 g/mol. The molecule has 1 fully saturated rings. The van der Waals surface area contributed by atoms with E-state index in [4.69, 9.17) is 56.8 Å². The maximum atomic E-state index is 14.9. The third-order valence-corrected chi connectivity index (χ3v) is 24.2. The van der Waals surface area contributed by atoms with Gasteiger partial charge in [0.1, 0.15) is 42.3 Å². The van der Waals surface area contributed by atoms with Crippen molar-refractivity contribution < 1.29 is 91.4 Å². The van der Waals surface area contributed by atoms with E-state index in [9.17, 15) is 63.0 Å². The number of carbonyl (C=O) groups excluding carboxylic acids is 11. The lowest BCUT2D eigenvalue weighted by Gasteiger charge is -2.40. The van der Waals surface area contributed by atoms with Crippen molar-refractivity contribution in [2.24, 2.45) is 46.6 Å². The number of nitrogens with zero attached hydrogens (tertiary/aromatic N) is 1. The van der Waals surface area contributed by atoms with Gasteiger partial charge in [0.15, 0.2) is 34.8 Å². The van der Waals surface area contributed by atoms with E-state index in [1.54, 1.807) is 51.2 Å². The van der Waals surface area contributed by atoms with Gasteiger partial charge in [-0.3, -0.25) is 62.7 Å². The van der Waals surface area contributed by atoms with Crippen molar-refractivity contribution in [2.75, 3.05) is 71.3 Å². The van der Waals surface area contributed by atoms with Gasteiger partial charge in [-0.15, -0.1) is 11.8 Å². The first-order chi connectivity index (χ1) is 60.5. The first kappa shape index (κ1) is 95.3. The molecular formula is C88H116N18O19S. The number of amides is 10. The molecule has 1 saturated heterocycles. The average Bonchev–Trinajstić information content (AvgIpc) is 1.48. The number of aromatic hydroxyl groups is 2. The number of ether oxygens (including phenoxy) is 6. The van der Waals surface area contributed by atoms with Crippen LogP contribution in [-0.2, 0) is 76.9 Å². The number of esters is 1. The number of hydrogen-bond donors (Lipinski definition) is 19. The molecule has 678 valence electrons. The molecule has 0 spiro atoms. The van der Waals surface area contributed by atoms with Crippen LogP contribution >= 0.6 is 11.8 Å². The number of H-pyrrole nitrogens is 1. The van der Waals surface area contributed by atoms with Crippen molar-refractivity contribution >= 4 is 105 Å². The van der Waals surface area contributed by atoms with Crippen LogP contribution in [0.1, 0.15) is 132 Å². The van der Waals surface area contributed by atoms with E-state index in [0.29, 0.717) is 64.9 Å². The Balaban J connectivity index is 0.764. The molecule has 10 amide bonds. The summed E-state index contributed by atoms with van der Waals surface area (Å²) in [6, 6.07) is 20.8. The summed E-state index contributed by atoms with van der Waals surface area (Å²) in [6.07, 6.45) is 2.13. The highest BCUT2D eigenvalue weighted by molar-refractivity contribution is 7.99. The standard InChI is InChI=1S/C88H116N18O19S/c1-9-46(3)74(84(116)101-59(23-16-17-32-89)81(113)104-75(47(4)10-2)85(117)103-63(36-50-42-96-58-22-15-14-21-53(50)58)83(115)102-62(79(111)94-5)35-48-19-12-11-13-20-48)105-82(114)61(29-30-69(91)107)100-80(112)60(24-18-33-95-88(92)93)99-78(110)57(90)44-126-68-41-71(109)106(86(68)118)34-31-70(108)97-51-25-27-52(28-26-51)98-76-55-40-65-64(124-45-125-65)39-54(55)72(73-56(76)43-123-87(73)119)49-37-66(120-6)77(122-8)67(38-49)121-7/h11-15,19-22,25-28,37-42,46-47,56-57,59-63,72-76,96,98,109,118H,9-10,16-18,23-24,29-36,43-45,89-90H2,1-8H3,(H2,91,107)(H,94,111)(H,97,108)(H,99,110)(H,100,112)(H,101,116)(H,102,115)(H,103,117)(H,104,113)(H,105,114)(H4,92,93,95)/t46?,47?,56-,57-,59-,60-,61-,62-,63-,72+,73?,74-,75-,76+/m0/s1. The van der Waals surface area contributed by atoms with Gasteiger partial charge in [0.25, 0.3) is 0 Å². The molecule has 4 heterocycles. The highest BCUT2D eigenvalue weighted by Crippen LogP contribution is 2.56. The SMILES string of the molecule is CCC(C)[C@H](NC(=O)[C@H](CCCCN)NC(=O)[C@@H](NC(=O)[C@H](CCC(N)=O)NC(=O)[C@H](CCCNC(=N)N)NC(=O)[C@@H](N)CSc1cc(O)n(CCC(=O)Nc2ccc(N[C@@H]3c4cc5c(cc4[C@@H](c4cc(OC)c(OC)c(OC)c4)C4C(=O)OC[C@@H]43)OCO5)cc2)c1O)C(C)CC)C(=O)N[C@@H](Cc1c[nH]c2ccccc12)C(=O)N[C@@H](Cc1ccccc1)C(=O)NC. The molecule has 126 heavy (non-hydrogen) atoms. The van der Waals surface area contributed by atoms with E-state index in [1.165, 1.54) is 34.4 Å². The monoisotopic (exact) mass is 1760 g/mol. The third kappa shape index (κ3) is 24.3. The van der Waals surface area contributed by atoms with Gasteiger partial charge in [0.2, 0.25) is 77.5 Å². The van der Waals surface area contributed by atoms with Gasteiger partial charge in [-0.05, 0) is 139 Å². The number of unbranched alkanes of at least 4 members (excludes halogenated alkanes) is 1. The number of methoxy groups -OCH3 is 3. The van der Waals surface area contributed by atoms with Crippen LogP contribution in [-0.4, -0.2) is 200 Å². The number of anilines is 2. The number of carbonyl (C=O) groups is 11. The number of nitrogens with one attached hydrogen (secondary N) is 13. The van der Waals surface area contributed by atoms with E-state index in [0.717, 1.165) is 49.5 Å². The van der Waals surface area contributed by atoms with Gasteiger partial charge in [-0.2, -0.15) is 0 Å². The third-order valence-electron chi connectivity index (χ3n) is 23.0. The fourth-order valence-electron chi connectivity index (χ4n) is 15.7. The van der Waals surface area contributed by atoms with Crippen molar-refractivity contribution in [1.29, 1.82) is 5.41 Å². The topological polar surface area (TPSA) is 565 Å². The van der Waals surface area contributed by atoms with Gasteiger partial charge in [-0.25, -0.2) is 0 Å². The first-order valence-electron chi connectivity index (χ1n) is 42.1. The van der Waals surface area contributed by atoms with Crippen LogP contribution in [0, 0.1) is 29.1 Å². The van der Waals surface area contributed by atoms with Gasteiger partial charge in [0, 0.05) is 98.0 Å². The molecule has 37 nitrogen and oxygen atoms in total. The maximum Gasteiger partial charge on any atom is 0.310 e. The zero-order valence-corrected chi connectivity index (χ0v) is 72.6. The van der Waals surface area contributed by atoms with Crippen molar-refractivity contribution in [3.63, 3.8) is 0 Å². The zero-order valence-electron chi connectivity index (χ0n) is 71.8. The molecule has 2 aliphatic heterocycles. The van der Waals surface area contributed by atoms with E-state index < -0.39 is 162 Å². The number of guanidine groups is 1. The Morgan fingerprint density at radius 2 is 1.20 bits per heavy atom. The molecule has 23 N–H and O–H groups in total. The Morgan fingerprint density at radius 3 is 1.81 bits per heavy atom. The highest BCUT2D eigenvalue weighted by Gasteiger charge is 2.53. The summed E-state index contributed by atoms with van der Waals surface area (Å²) in [6.45, 7) is 7.18. The van der Waals surface area contributed by atoms with Gasteiger partial charge in [-0.1, -0.05) is 89.1 Å². The van der Waals surface area contributed by atoms with Crippen molar-refractivity contribution in [3.05, 3.63) is 143 Å². The Morgan fingerprint density at radius 1 is 0.635 bits per heavy atom. The number of para-hydroxylation sites is 1. The van der Waals surface area contributed by atoms with Gasteiger partial charge in [0.05, 0.1) is 50.8 Å². The van der Waals surface area contributed by atoms with Crippen LogP contribution in [0.25, 0.3) is 10.9 Å². The normalized spacial score (nSPS) is 17.2. The van der Waals surface area contributed by atoms with E-state index in [-0.39, 0.29) is 106 Å². The minimum atomic E-state index is -1.59. The van der Waals surface area contributed by atoms with Crippen LogP contribution in [0.5, 0.6) is 40.5 Å². The maximum absolute atomic E-state index is 14.9. The number of nitrogens with two attached hydrogens (primary N) is 4. The quantitative estimate of drug-likeness (QED) is 0.00841. The van der Waals surface area contributed by atoms with Crippen LogP contribution in [0.15, 0.2) is 120 Å². The summed E-state index contributed by atoms with van der Waals surface area (Å²) in [4.78, 5) is 159. The smallest absolute Gasteiger partial charge is 0.310 e. The van der Waals surface area contributed by atoms with Crippen LogP contribution < -0.4 is 105 Å². The number of hydrogen-bond acceptors (Lipinski definition) is 24. The van der Waals surface area contributed by atoms with Gasteiger partial charge >= 0.3 is 5.97 Å². The number of fused-ring (bicyclic) bond motifs is 4. The Kier molecular flexibility index (Phi) is 34.1. The Hall–Kier alpha value is -13.0. The largest absolute Gasteiger partial charge is 0.494 e. The summed E-state index contributed by atoms with van der Waals surface area (Å²) >= 11 is 0.880. The van der Waals surface area contributed by atoms with E-state index in [2.05, 4.69) is 63.5 Å². The molecule has 0 bridgehead atoms. The molecule has 14 atom stereocenters. The molecule has 2 aromatic heterocycles. The summed E-state index contributed by atoms with van der Waals surface area (Å²) in [5.74, 6) is -9.91. The highest BCUT2D eigenvalue weighted by atomic mass is 32.2. The van der Waals surface area contributed by atoms with Crippen LogP contribution in [0.2, 0.25) is 0 Å². The molecule has 0 radical (unpaired) electrons. The second kappa shape index (κ2) is 45.1. The Labute approximate surface area is 733 Å². The van der Waals surface area contributed by atoms with Crippen molar-refractivity contribution in [2.45, 2.75) is 176 Å². The van der Waals surface area contributed by atoms with E-state index >= 15 is 0 Å². The number of rotatable bonds is 47. The average molecular weight is 1760 g/mol. The van der Waals surface area contributed by atoms with Crippen molar-refractivity contribution in [3.8, 4) is 40.5 Å². The fourth-order valence-corrected chi connectivity index (χ4v) is 16.7. The van der Waals surface area contributed by atoms with Crippen LogP contribution in [0.3, 0.4) is 0 Å². The minimum Gasteiger partial charge on any atom is -0.494 e. The fraction of sp³-hybridized carbons (Fsp3) is 0.455. The lowest BCUT2D eigenvalue weighted by atomic mass is 9.65. The summed E-state index contributed by atoms with van der Waals surface area (Å²) in [5, 5.41) is 61.9. The summed E-state index contributed by atoms with van der Waals surface area (Å²) in [5.41, 5.74) is 29.2. The second-order valence-corrected chi connectivity index (χ2v) is 32.6. The molecule has 3 aliphatic rings. The molecule has 10 rings (SSSR count). The molecule has 38 heteroatoms. The molecule has 1 aliphatic carbocycles. The lowest BCUT2D eigenvalue weighted by molar-refractivity contribution is -0.141. The first-order valence-corrected chi connectivity index (χ1v) is 43.0. The van der Waals surface area contributed by atoms with Gasteiger partial charge < -0.3 is 125 Å². The Bertz CT molecular complexity index is 5010. The number of aromatic nitrogens is 2. The number of cyclic esters (lactones) is 1. The second-order valence-electron chi connectivity index (χ2n) is 31.5.